The smallest absolute Gasteiger partial charge is 0.335 e. The molecule has 0 aliphatic carbocycles. The molecule has 10 nitrogen and oxygen atoms in total. The molecule has 1 N–H and O–H groups in total. The van der Waals surface area contributed by atoms with Gasteiger partial charge >= 0.3 is 6.03 Å². The maximum Gasteiger partial charge on any atom is 0.335 e. The Bertz CT molecular complexity index is 1190. The van der Waals surface area contributed by atoms with Crippen molar-refractivity contribution in [2.75, 3.05) is 18.6 Å². The summed E-state index contributed by atoms with van der Waals surface area (Å²) in [5, 5.41) is 13.2. The molecule has 0 atom stereocenters. The third-order valence-electron chi connectivity index (χ3n) is 4.74. The number of non-ortho nitro benzene ring substituents is 1. The van der Waals surface area contributed by atoms with Crippen molar-refractivity contribution in [3.05, 3.63) is 75.9 Å². The van der Waals surface area contributed by atoms with Gasteiger partial charge in [0.1, 0.15) is 5.57 Å². The highest BCUT2D eigenvalue weighted by atomic mass is 16.6. The Balaban J connectivity index is 2.08. The van der Waals surface area contributed by atoms with Gasteiger partial charge in [-0.3, -0.25) is 25.0 Å². The first-order chi connectivity index (χ1) is 15.8. The minimum absolute atomic E-state index is 0.0401. The summed E-state index contributed by atoms with van der Waals surface area (Å²) >= 11 is 0. The highest BCUT2D eigenvalue weighted by Crippen LogP contribution is 2.35. The number of methoxy groups -OCH3 is 1. The van der Waals surface area contributed by atoms with E-state index in [1.165, 1.54) is 31.4 Å². The van der Waals surface area contributed by atoms with E-state index in [1.54, 1.807) is 18.2 Å². The van der Waals surface area contributed by atoms with Crippen LogP contribution in [-0.2, 0) is 16.0 Å². The number of amides is 4. The van der Waals surface area contributed by atoms with Crippen LogP contribution in [0.25, 0.3) is 6.08 Å². The number of benzene rings is 2. The molecule has 10 heteroatoms. The molecular weight excluding hydrogens is 430 g/mol. The first-order valence-corrected chi connectivity index (χ1v) is 9.91. The van der Waals surface area contributed by atoms with Crippen LogP contribution in [0.1, 0.15) is 18.1 Å². The Morgan fingerprint density at radius 1 is 1.21 bits per heavy atom. The maximum atomic E-state index is 13.1. The van der Waals surface area contributed by atoms with Gasteiger partial charge < -0.3 is 9.47 Å². The van der Waals surface area contributed by atoms with Crippen LogP contribution in [-0.4, -0.2) is 36.5 Å². The number of nitro benzene ring substituents is 1. The summed E-state index contributed by atoms with van der Waals surface area (Å²) in [6, 6.07) is 7.32. The van der Waals surface area contributed by atoms with Gasteiger partial charge in [-0.25, -0.2) is 9.69 Å². The fourth-order valence-corrected chi connectivity index (χ4v) is 3.34. The molecule has 0 saturated carbocycles. The number of hydrogen-bond donors (Lipinski definition) is 1. The Morgan fingerprint density at radius 3 is 2.61 bits per heavy atom. The monoisotopic (exact) mass is 451 g/mol. The van der Waals surface area contributed by atoms with Crippen LogP contribution >= 0.6 is 0 Å². The lowest BCUT2D eigenvalue weighted by Crippen LogP contribution is -2.54. The maximum absolute atomic E-state index is 13.1. The molecule has 2 aromatic rings. The molecule has 170 valence electrons. The van der Waals surface area contributed by atoms with E-state index in [4.69, 9.17) is 9.47 Å². The summed E-state index contributed by atoms with van der Waals surface area (Å²) in [5.74, 6) is -0.875. The highest BCUT2D eigenvalue weighted by Gasteiger charge is 2.37. The molecule has 0 aromatic heterocycles. The zero-order chi connectivity index (χ0) is 24.1. The molecule has 1 aliphatic rings. The zero-order valence-corrected chi connectivity index (χ0v) is 18.0. The Morgan fingerprint density at radius 2 is 1.97 bits per heavy atom. The Kier molecular flexibility index (Phi) is 6.87. The van der Waals surface area contributed by atoms with Crippen molar-refractivity contribution in [3.8, 4) is 11.5 Å². The van der Waals surface area contributed by atoms with Crippen molar-refractivity contribution >= 4 is 35.3 Å². The van der Waals surface area contributed by atoms with Gasteiger partial charge in [0.2, 0.25) is 0 Å². The van der Waals surface area contributed by atoms with E-state index in [0.29, 0.717) is 35.0 Å². The molecule has 1 aliphatic heterocycles. The summed E-state index contributed by atoms with van der Waals surface area (Å²) < 4.78 is 11.1. The van der Waals surface area contributed by atoms with E-state index in [9.17, 15) is 24.5 Å². The molecule has 1 heterocycles. The van der Waals surface area contributed by atoms with Crippen LogP contribution < -0.4 is 19.7 Å². The van der Waals surface area contributed by atoms with Crippen LogP contribution in [0.5, 0.6) is 11.5 Å². The van der Waals surface area contributed by atoms with E-state index >= 15 is 0 Å². The van der Waals surface area contributed by atoms with Crippen LogP contribution in [0.2, 0.25) is 0 Å². The minimum Gasteiger partial charge on any atom is -0.493 e. The number of carbonyl (C=O) groups excluding carboxylic acids is 3. The van der Waals surface area contributed by atoms with Gasteiger partial charge in [-0.2, -0.15) is 0 Å². The number of nitrogens with one attached hydrogen (secondary N) is 1. The third kappa shape index (κ3) is 4.74. The number of nitro groups is 1. The average Bonchev–Trinajstić information content (AvgIpc) is 2.78. The molecule has 33 heavy (non-hydrogen) atoms. The number of allylic oxidation sites excluding steroid dienone is 1. The van der Waals surface area contributed by atoms with Gasteiger partial charge in [-0.1, -0.05) is 12.1 Å². The third-order valence-corrected chi connectivity index (χ3v) is 4.74. The van der Waals surface area contributed by atoms with Crippen LogP contribution in [0.3, 0.4) is 0 Å². The number of urea groups is 1. The van der Waals surface area contributed by atoms with E-state index in [2.05, 4.69) is 11.9 Å². The van der Waals surface area contributed by atoms with Gasteiger partial charge in [-0.15, -0.1) is 6.58 Å². The second-order valence-corrected chi connectivity index (χ2v) is 6.87. The summed E-state index contributed by atoms with van der Waals surface area (Å²) in [6.07, 6.45) is 3.44. The minimum atomic E-state index is -1.00. The van der Waals surface area contributed by atoms with Crippen molar-refractivity contribution in [1.29, 1.82) is 0 Å². The molecule has 0 unspecified atom stereocenters. The molecule has 4 amide bonds. The summed E-state index contributed by atoms with van der Waals surface area (Å²) in [5.41, 5.74) is 0.520. The second-order valence-electron chi connectivity index (χ2n) is 6.87. The number of anilines is 1. The van der Waals surface area contributed by atoms with E-state index in [0.717, 1.165) is 11.6 Å². The van der Waals surface area contributed by atoms with Crippen LogP contribution in [0.4, 0.5) is 16.2 Å². The molecule has 1 fully saturated rings. The van der Waals surface area contributed by atoms with Gasteiger partial charge in [-0.05, 0) is 43.2 Å². The van der Waals surface area contributed by atoms with Crippen molar-refractivity contribution in [2.24, 2.45) is 0 Å². The Hall–Kier alpha value is -4.47. The predicted molar refractivity (Wildman–Crippen MR) is 120 cm³/mol. The van der Waals surface area contributed by atoms with Crippen molar-refractivity contribution in [3.63, 3.8) is 0 Å². The topological polar surface area (TPSA) is 128 Å². The van der Waals surface area contributed by atoms with Gasteiger partial charge in [0.25, 0.3) is 17.5 Å². The standard InChI is InChI=1S/C23H21N3O7/c1-4-7-15-10-14(12-19(32-3)20(15)33-5-2)11-18-21(27)24-23(29)25(22(18)28)16-8-6-9-17(13-16)26(30)31/h4,6,8-13H,1,5,7H2,2-3H3,(H,24,27,29)/b18-11+. The van der Waals surface area contributed by atoms with Gasteiger partial charge in [0.05, 0.1) is 24.3 Å². The predicted octanol–water partition coefficient (Wildman–Crippen LogP) is 3.40. The van der Waals surface area contributed by atoms with Gasteiger partial charge in [0, 0.05) is 17.7 Å². The fourth-order valence-electron chi connectivity index (χ4n) is 3.34. The first kappa shape index (κ1) is 23.2. The number of ether oxygens (including phenoxy) is 2. The molecule has 0 spiro atoms. The lowest BCUT2D eigenvalue weighted by molar-refractivity contribution is -0.384. The van der Waals surface area contributed by atoms with Crippen LogP contribution in [0, 0.1) is 10.1 Å². The van der Waals surface area contributed by atoms with Crippen LogP contribution in [0.15, 0.2) is 54.6 Å². The van der Waals surface area contributed by atoms with Crippen molar-refractivity contribution < 1.29 is 28.8 Å². The molecule has 1 saturated heterocycles. The fraction of sp³-hybridized carbons (Fsp3) is 0.174. The van der Waals surface area contributed by atoms with E-state index in [-0.39, 0.29) is 16.9 Å². The zero-order valence-electron chi connectivity index (χ0n) is 18.0. The highest BCUT2D eigenvalue weighted by molar-refractivity contribution is 6.39. The molecule has 0 bridgehead atoms. The molecule has 0 radical (unpaired) electrons. The largest absolute Gasteiger partial charge is 0.493 e. The normalized spacial score (nSPS) is 14.8. The molecule has 3 rings (SSSR count). The quantitative estimate of drug-likeness (QED) is 0.214. The number of carbonyl (C=O) groups is 3. The molecular formula is C23H21N3O7. The molecule has 2 aromatic carbocycles. The van der Waals surface area contributed by atoms with Crippen molar-refractivity contribution in [1.82, 2.24) is 5.32 Å². The SMILES string of the molecule is C=CCc1cc(/C=C2\C(=O)NC(=O)N(c3cccc([N+](=O)[O-])c3)C2=O)cc(OC)c1OCC. The summed E-state index contributed by atoms with van der Waals surface area (Å²) in [4.78, 5) is 49.1. The van der Waals surface area contributed by atoms with Gasteiger partial charge in [0.15, 0.2) is 11.5 Å². The summed E-state index contributed by atoms with van der Waals surface area (Å²) in [6.45, 7) is 5.97. The lowest BCUT2D eigenvalue weighted by atomic mass is 10.0. The average molecular weight is 451 g/mol. The number of hydrogen-bond acceptors (Lipinski definition) is 7. The number of barbiturate groups is 1. The first-order valence-electron chi connectivity index (χ1n) is 9.91. The van der Waals surface area contributed by atoms with E-state index < -0.39 is 22.8 Å². The number of nitrogens with zero attached hydrogens (tertiary/aromatic N) is 2. The summed E-state index contributed by atoms with van der Waals surface area (Å²) in [7, 11) is 1.47. The second kappa shape index (κ2) is 9.77. The lowest BCUT2D eigenvalue weighted by Gasteiger charge is -2.26. The number of rotatable bonds is 8. The Labute approximate surface area is 189 Å². The van der Waals surface area contributed by atoms with E-state index in [1.807, 2.05) is 6.92 Å². The van der Waals surface area contributed by atoms with Crippen molar-refractivity contribution in [2.45, 2.75) is 13.3 Å². The number of imide groups is 2.